The van der Waals surface area contributed by atoms with Crippen molar-refractivity contribution in [2.45, 2.75) is 19.4 Å². The lowest BCUT2D eigenvalue weighted by Gasteiger charge is -2.11. The molecule has 0 spiro atoms. The molecule has 15 heavy (non-hydrogen) atoms. The van der Waals surface area contributed by atoms with E-state index in [2.05, 4.69) is 22.7 Å². The SMILES string of the molecule is CC(CCCl)Nc1snc2ccccc12. The fourth-order valence-electron chi connectivity index (χ4n) is 1.45. The summed E-state index contributed by atoms with van der Waals surface area (Å²) in [7, 11) is 0. The van der Waals surface area contributed by atoms with Gasteiger partial charge in [-0.25, -0.2) is 0 Å². The zero-order valence-corrected chi connectivity index (χ0v) is 10.1. The predicted molar refractivity (Wildman–Crippen MR) is 68.0 cm³/mol. The summed E-state index contributed by atoms with van der Waals surface area (Å²) in [5, 5.41) is 5.78. The van der Waals surface area contributed by atoms with Crippen LogP contribution in [0.4, 0.5) is 5.00 Å². The van der Waals surface area contributed by atoms with Crippen molar-refractivity contribution in [1.29, 1.82) is 0 Å². The molecular weight excluding hydrogens is 228 g/mol. The van der Waals surface area contributed by atoms with E-state index in [1.54, 1.807) is 0 Å². The van der Waals surface area contributed by atoms with Crippen LogP contribution in [0.5, 0.6) is 0 Å². The zero-order chi connectivity index (χ0) is 10.7. The first-order chi connectivity index (χ1) is 7.31. The van der Waals surface area contributed by atoms with Gasteiger partial charge in [0, 0.05) is 17.3 Å². The Labute approximate surface area is 98.4 Å². The Hall–Kier alpha value is -0.800. The molecule has 0 saturated carbocycles. The number of hydrogen-bond acceptors (Lipinski definition) is 3. The van der Waals surface area contributed by atoms with Crippen LogP contribution in [0.2, 0.25) is 0 Å². The monoisotopic (exact) mass is 240 g/mol. The van der Waals surface area contributed by atoms with Crippen molar-refractivity contribution in [2.24, 2.45) is 0 Å². The van der Waals surface area contributed by atoms with E-state index in [4.69, 9.17) is 11.6 Å². The highest BCUT2D eigenvalue weighted by molar-refractivity contribution is 7.11. The van der Waals surface area contributed by atoms with Gasteiger partial charge in [0.2, 0.25) is 0 Å². The molecule has 0 fully saturated rings. The molecule has 1 unspecified atom stereocenters. The number of fused-ring (bicyclic) bond motifs is 1. The van der Waals surface area contributed by atoms with E-state index in [1.165, 1.54) is 16.9 Å². The highest BCUT2D eigenvalue weighted by Gasteiger charge is 2.07. The fraction of sp³-hybridized carbons (Fsp3) is 0.364. The van der Waals surface area contributed by atoms with Crippen LogP contribution in [-0.4, -0.2) is 16.3 Å². The minimum atomic E-state index is 0.395. The van der Waals surface area contributed by atoms with Crippen molar-refractivity contribution in [2.75, 3.05) is 11.2 Å². The molecule has 1 atom stereocenters. The maximum absolute atomic E-state index is 5.70. The molecule has 2 aromatic rings. The van der Waals surface area contributed by atoms with E-state index in [0.29, 0.717) is 11.9 Å². The quantitative estimate of drug-likeness (QED) is 0.824. The molecule has 0 amide bonds. The molecule has 4 heteroatoms. The average molecular weight is 241 g/mol. The minimum absolute atomic E-state index is 0.395. The molecule has 1 aromatic heterocycles. The fourth-order valence-corrected chi connectivity index (χ4v) is 2.65. The first-order valence-electron chi connectivity index (χ1n) is 4.98. The van der Waals surface area contributed by atoms with Gasteiger partial charge in [-0.05, 0) is 37.0 Å². The first-order valence-corrected chi connectivity index (χ1v) is 6.29. The summed E-state index contributed by atoms with van der Waals surface area (Å²) in [5.74, 6) is 0.685. The van der Waals surface area contributed by atoms with Gasteiger partial charge in [-0.15, -0.1) is 11.6 Å². The summed E-state index contributed by atoms with van der Waals surface area (Å²) in [4.78, 5) is 0. The maximum atomic E-state index is 5.70. The summed E-state index contributed by atoms with van der Waals surface area (Å²) >= 11 is 7.22. The van der Waals surface area contributed by atoms with E-state index in [1.807, 2.05) is 18.2 Å². The van der Waals surface area contributed by atoms with Gasteiger partial charge in [-0.1, -0.05) is 12.1 Å². The molecule has 1 aromatic carbocycles. The van der Waals surface area contributed by atoms with Gasteiger partial charge in [0.15, 0.2) is 0 Å². The number of benzene rings is 1. The van der Waals surface area contributed by atoms with Crippen molar-refractivity contribution < 1.29 is 0 Å². The molecule has 1 heterocycles. The molecule has 2 rings (SSSR count). The summed E-state index contributed by atoms with van der Waals surface area (Å²) in [6.45, 7) is 2.14. The molecule has 0 radical (unpaired) electrons. The van der Waals surface area contributed by atoms with Gasteiger partial charge in [0.25, 0.3) is 0 Å². The van der Waals surface area contributed by atoms with Crippen LogP contribution in [0, 0.1) is 0 Å². The Kier molecular flexibility index (Phi) is 3.44. The Morgan fingerprint density at radius 1 is 1.47 bits per heavy atom. The number of alkyl halides is 1. The van der Waals surface area contributed by atoms with Gasteiger partial charge in [-0.3, -0.25) is 0 Å². The van der Waals surface area contributed by atoms with Crippen molar-refractivity contribution in [3.63, 3.8) is 0 Å². The van der Waals surface area contributed by atoms with Crippen molar-refractivity contribution in [3.8, 4) is 0 Å². The summed E-state index contributed by atoms with van der Waals surface area (Å²) in [6, 6.07) is 8.56. The van der Waals surface area contributed by atoms with Crippen LogP contribution < -0.4 is 5.32 Å². The molecule has 0 bridgehead atoms. The second kappa shape index (κ2) is 4.81. The van der Waals surface area contributed by atoms with Crippen molar-refractivity contribution in [1.82, 2.24) is 4.37 Å². The number of hydrogen-bond donors (Lipinski definition) is 1. The van der Waals surface area contributed by atoms with Crippen LogP contribution >= 0.6 is 23.1 Å². The van der Waals surface area contributed by atoms with Gasteiger partial charge in [0.05, 0.1) is 5.52 Å². The second-order valence-electron chi connectivity index (χ2n) is 3.55. The van der Waals surface area contributed by atoms with Gasteiger partial charge in [-0.2, -0.15) is 4.37 Å². The lowest BCUT2D eigenvalue weighted by atomic mass is 10.2. The highest BCUT2D eigenvalue weighted by Crippen LogP contribution is 2.28. The number of rotatable bonds is 4. The molecule has 80 valence electrons. The third kappa shape index (κ3) is 2.41. The molecular formula is C11H13ClN2S. The molecule has 1 N–H and O–H groups in total. The van der Waals surface area contributed by atoms with E-state index < -0.39 is 0 Å². The Bertz CT molecular complexity index is 441. The summed E-state index contributed by atoms with van der Waals surface area (Å²) in [5.41, 5.74) is 1.06. The predicted octanol–water partition coefficient (Wildman–Crippen LogP) is 3.73. The van der Waals surface area contributed by atoms with E-state index in [-0.39, 0.29) is 0 Å². The number of anilines is 1. The number of nitrogens with one attached hydrogen (secondary N) is 1. The lowest BCUT2D eigenvalue weighted by Crippen LogP contribution is -2.14. The van der Waals surface area contributed by atoms with Crippen LogP contribution in [0.3, 0.4) is 0 Å². The van der Waals surface area contributed by atoms with Crippen LogP contribution in [0.15, 0.2) is 24.3 Å². The first kappa shape index (κ1) is 10.7. The smallest absolute Gasteiger partial charge is 0.117 e. The number of aromatic nitrogens is 1. The van der Waals surface area contributed by atoms with Crippen LogP contribution in [0.1, 0.15) is 13.3 Å². The Morgan fingerprint density at radius 2 is 2.27 bits per heavy atom. The standard InChI is InChI=1S/C11H13ClN2S/c1-8(6-7-12)13-11-9-4-2-3-5-10(9)14-15-11/h2-5,8,13H,6-7H2,1H3. The largest absolute Gasteiger partial charge is 0.373 e. The van der Waals surface area contributed by atoms with E-state index >= 15 is 0 Å². The van der Waals surface area contributed by atoms with Crippen LogP contribution in [-0.2, 0) is 0 Å². The summed E-state index contributed by atoms with van der Waals surface area (Å²) in [6.07, 6.45) is 0.966. The van der Waals surface area contributed by atoms with Gasteiger partial charge in [0.1, 0.15) is 5.00 Å². The Morgan fingerprint density at radius 3 is 3.07 bits per heavy atom. The highest BCUT2D eigenvalue weighted by atomic mass is 35.5. The second-order valence-corrected chi connectivity index (χ2v) is 4.70. The molecule has 0 aliphatic rings. The minimum Gasteiger partial charge on any atom is -0.373 e. The normalized spacial score (nSPS) is 12.9. The third-order valence-corrected chi connectivity index (χ3v) is 3.33. The Balaban J connectivity index is 2.21. The number of nitrogens with zero attached hydrogens (tertiary/aromatic N) is 1. The van der Waals surface area contributed by atoms with Crippen LogP contribution in [0.25, 0.3) is 10.9 Å². The zero-order valence-electron chi connectivity index (χ0n) is 8.53. The van der Waals surface area contributed by atoms with Gasteiger partial charge < -0.3 is 5.32 Å². The molecule has 0 aliphatic carbocycles. The lowest BCUT2D eigenvalue weighted by molar-refractivity contribution is 0.772. The third-order valence-electron chi connectivity index (χ3n) is 2.30. The molecule has 0 aliphatic heterocycles. The van der Waals surface area contributed by atoms with Gasteiger partial charge >= 0.3 is 0 Å². The maximum Gasteiger partial charge on any atom is 0.117 e. The molecule has 0 saturated heterocycles. The summed E-state index contributed by atoms with van der Waals surface area (Å²) < 4.78 is 4.38. The van der Waals surface area contributed by atoms with E-state index in [9.17, 15) is 0 Å². The van der Waals surface area contributed by atoms with Crippen molar-refractivity contribution >= 4 is 39.0 Å². The van der Waals surface area contributed by atoms with Crippen molar-refractivity contribution in [3.05, 3.63) is 24.3 Å². The van der Waals surface area contributed by atoms with E-state index in [0.717, 1.165) is 16.9 Å². The molecule has 2 nitrogen and oxygen atoms in total. The topological polar surface area (TPSA) is 24.9 Å². The number of halogens is 1. The average Bonchev–Trinajstić information content (AvgIpc) is 2.62.